The van der Waals surface area contributed by atoms with E-state index in [1.807, 2.05) is 25.1 Å². The zero-order valence-corrected chi connectivity index (χ0v) is 11.0. The highest BCUT2D eigenvalue weighted by atomic mass is 15.4. The zero-order valence-electron chi connectivity index (χ0n) is 11.0. The molecule has 3 heterocycles. The molecule has 100 valence electrons. The quantitative estimate of drug-likeness (QED) is 0.842. The van der Waals surface area contributed by atoms with Crippen molar-refractivity contribution < 1.29 is 0 Å². The third kappa shape index (κ3) is 2.58. The molecule has 0 saturated carbocycles. The first-order valence-corrected chi connectivity index (χ1v) is 6.59. The first kappa shape index (κ1) is 12.1. The van der Waals surface area contributed by atoms with Crippen molar-refractivity contribution in [2.45, 2.75) is 25.8 Å². The normalized spacial score (nSPS) is 19.7. The minimum Gasteiger partial charge on any atom is -0.338 e. The van der Waals surface area contributed by atoms with Crippen LogP contribution >= 0.6 is 0 Å². The molecule has 1 unspecified atom stereocenters. The van der Waals surface area contributed by atoms with Crippen molar-refractivity contribution in [1.82, 2.24) is 20.2 Å². The van der Waals surface area contributed by atoms with Crippen LogP contribution in [0.25, 0.3) is 11.5 Å². The molecule has 0 radical (unpaired) electrons. The molecule has 0 aromatic carbocycles. The predicted octanol–water partition coefficient (Wildman–Crippen LogP) is 1.10. The van der Waals surface area contributed by atoms with Gasteiger partial charge in [0.1, 0.15) is 5.69 Å². The van der Waals surface area contributed by atoms with Crippen molar-refractivity contribution in [3.05, 3.63) is 23.9 Å². The topological polar surface area (TPSA) is 83.7 Å². The lowest BCUT2D eigenvalue weighted by atomic mass is 10.1. The van der Waals surface area contributed by atoms with E-state index in [2.05, 4.69) is 25.1 Å². The number of aromatic nitrogens is 4. The average Bonchev–Trinajstić information content (AvgIpc) is 2.88. The fraction of sp³-hybridized carbons (Fsp3) is 0.462. The lowest BCUT2D eigenvalue weighted by Crippen LogP contribution is -2.43. The fourth-order valence-electron chi connectivity index (χ4n) is 2.38. The second kappa shape index (κ2) is 4.97. The molecule has 19 heavy (non-hydrogen) atoms. The Morgan fingerprint density at radius 2 is 2.26 bits per heavy atom. The number of hydrogen-bond donors (Lipinski definition) is 2. The maximum absolute atomic E-state index is 5.98. The summed E-state index contributed by atoms with van der Waals surface area (Å²) >= 11 is 0. The van der Waals surface area contributed by atoms with E-state index in [1.165, 1.54) is 0 Å². The van der Waals surface area contributed by atoms with Gasteiger partial charge in [-0.2, -0.15) is 4.98 Å². The fourth-order valence-corrected chi connectivity index (χ4v) is 2.38. The highest BCUT2D eigenvalue weighted by Gasteiger charge is 2.20. The van der Waals surface area contributed by atoms with Gasteiger partial charge in [-0.15, -0.1) is 5.10 Å². The van der Waals surface area contributed by atoms with E-state index in [0.717, 1.165) is 37.3 Å². The monoisotopic (exact) mass is 258 g/mol. The van der Waals surface area contributed by atoms with Gasteiger partial charge in [0, 0.05) is 24.8 Å². The summed E-state index contributed by atoms with van der Waals surface area (Å²) in [5.41, 5.74) is 7.77. The van der Waals surface area contributed by atoms with E-state index in [1.54, 1.807) is 0 Å². The van der Waals surface area contributed by atoms with Crippen molar-refractivity contribution >= 4 is 5.95 Å². The highest BCUT2D eigenvalue weighted by Crippen LogP contribution is 2.18. The second-order valence-corrected chi connectivity index (χ2v) is 5.00. The Morgan fingerprint density at radius 1 is 1.37 bits per heavy atom. The van der Waals surface area contributed by atoms with Gasteiger partial charge in [-0.1, -0.05) is 6.07 Å². The van der Waals surface area contributed by atoms with Crippen LogP contribution in [0.15, 0.2) is 18.2 Å². The molecule has 1 aliphatic rings. The van der Waals surface area contributed by atoms with Crippen LogP contribution in [0.5, 0.6) is 0 Å². The Kier molecular flexibility index (Phi) is 3.16. The minimum atomic E-state index is 0.216. The number of H-pyrrole nitrogens is 1. The van der Waals surface area contributed by atoms with Crippen LogP contribution in [-0.4, -0.2) is 39.3 Å². The van der Waals surface area contributed by atoms with Gasteiger partial charge in [-0.05, 0) is 31.9 Å². The molecular formula is C13H18N6. The van der Waals surface area contributed by atoms with E-state index >= 15 is 0 Å². The third-order valence-corrected chi connectivity index (χ3v) is 3.35. The van der Waals surface area contributed by atoms with E-state index in [0.29, 0.717) is 11.8 Å². The van der Waals surface area contributed by atoms with Crippen molar-refractivity contribution in [3.8, 4) is 11.5 Å². The van der Waals surface area contributed by atoms with E-state index in [9.17, 15) is 0 Å². The molecule has 3 N–H and O–H groups in total. The summed E-state index contributed by atoms with van der Waals surface area (Å²) in [6.45, 7) is 3.75. The van der Waals surface area contributed by atoms with Gasteiger partial charge in [0.25, 0.3) is 0 Å². The van der Waals surface area contributed by atoms with Gasteiger partial charge >= 0.3 is 0 Å². The summed E-state index contributed by atoms with van der Waals surface area (Å²) in [7, 11) is 0. The lowest BCUT2D eigenvalue weighted by Gasteiger charge is -2.29. The molecule has 1 saturated heterocycles. The minimum absolute atomic E-state index is 0.216. The molecule has 3 rings (SSSR count). The van der Waals surface area contributed by atoms with Crippen molar-refractivity contribution in [2.24, 2.45) is 5.73 Å². The van der Waals surface area contributed by atoms with Crippen LogP contribution < -0.4 is 10.6 Å². The standard InChI is InChI=1S/C13H18N6/c1-9-4-2-6-11(15-9)12-16-13(18-17-12)19-7-3-5-10(14)8-19/h2,4,6,10H,3,5,7-8,14H2,1H3,(H,16,17,18). The van der Waals surface area contributed by atoms with Gasteiger partial charge in [0.05, 0.1) is 0 Å². The largest absolute Gasteiger partial charge is 0.338 e. The van der Waals surface area contributed by atoms with Gasteiger partial charge in [-0.25, -0.2) is 4.98 Å². The maximum atomic E-state index is 5.98. The number of piperidine rings is 1. The molecular weight excluding hydrogens is 240 g/mol. The molecule has 0 aliphatic carbocycles. The van der Waals surface area contributed by atoms with Crippen molar-refractivity contribution in [2.75, 3.05) is 18.0 Å². The van der Waals surface area contributed by atoms with Crippen molar-refractivity contribution in [3.63, 3.8) is 0 Å². The molecule has 2 aromatic heterocycles. The van der Waals surface area contributed by atoms with E-state index in [-0.39, 0.29) is 6.04 Å². The lowest BCUT2D eigenvalue weighted by molar-refractivity contribution is 0.500. The molecule has 1 atom stereocenters. The second-order valence-electron chi connectivity index (χ2n) is 5.00. The number of rotatable bonds is 2. The third-order valence-electron chi connectivity index (χ3n) is 3.35. The van der Waals surface area contributed by atoms with E-state index < -0.39 is 0 Å². The molecule has 2 aromatic rings. The van der Waals surface area contributed by atoms with Crippen LogP contribution in [-0.2, 0) is 0 Å². The van der Waals surface area contributed by atoms with Crippen LogP contribution in [0.4, 0.5) is 5.95 Å². The van der Waals surface area contributed by atoms with Gasteiger partial charge in [0.2, 0.25) is 5.95 Å². The number of aryl methyl sites for hydroxylation is 1. The van der Waals surface area contributed by atoms with E-state index in [4.69, 9.17) is 5.73 Å². The summed E-state index contributed by atoms with van der Waals surface area (Å²) in [4.78, 5) is 11.1. The number of hydrogen-bond acceptors (Lipinski definition) is 5. The number of anilines is 1. The summed E-state index contributed by atoms with van der Waals surface area (Å²) in [6.07, 6.45) is 2.17. The average molecular weight is 258 g/mol. The summed E-state index contributed by atoms with van der Waals surface area (Å²) < 4.78 is 0. The molecule has 0 spiro atoms. The smallest absolute Gasteiger partial charge is 0.245 e. The van der Waals surface area contributed by atoms with Crippen LogP contribution in [0.1, 0.15) is 18.5 Å². The number of nitrogens with two attached hydrogens (primary N) is 1. The Labute approximate surface area is 112 Å². The molecule has 1 fully saturated rings. The Hall–Kier alpha value is -1.95. The SMILES string of the molecule is Cc1cccc(-c2nc(N3CCCC(N)C3)n[nH]2)n1. The van der Waals surface area contributed by atoms with Crippen LogP contribution in [0, 0.1) is 6.92 Å². The number of aromatic amines is 1. The molecule has 1 aliphatic heterocycles. The first-order chi connectivity index (χ1) is 9.22. The number of nitrogens with zero attached hydrogens (tertiary/aromatic N) is 4. The van der Waals surface area contributed by atoms with Gasteiger partial charge < -0.3 is 10.6 Å². The van der Waals surface area contributed by atoms with Crippen molar-refractivity contribution in [1.29, 1.82) is 0 Å². The molecule has 0 bridgehead atoms. The van der Waals surface area contributed by atoms with Crippen LogP contribution in [0.3, 0.4) is 0 Å². The van der Waals surface area contributed by atoms with Gasteiger partial charge in [-0.3, -0.25) is 5.10 Å². The first-order valence-electron chi connectivity index (χ1n) is 6.59. The number of pyridine rings is 1. The Morgan fingerprint density at radius 3 is 3.05 bits per heavy atom. The summed E-state index contributed by atoms with van der Waals surface area (Å²) in [5, 5.41) is 7.23. The zero-order chi connectivity index (χ0) is 13.2. The molecule has 6 heteroatoms. The number of nitrogens with one attached hydrogen (secondary N) is 1. The Balaban J connectivity index is 1.83. The molecule has 6 nitrogen and oxygen atoms in total. The highest BCUT2D eigenvalue weighted by molar-refractivity contribution is 5.51. The molecule has 0 amide bonds. The van der Waals surface area contributed by atoms with Crippen LogP contribution in [0.2, 0.25) is 0 Å². The summed E-state index contributed by atoms with van der Waals surface area (Å²) in [5.74, 6) is 1.42. The maximum Gasteiger partial charge on any atom is 0.245 e. The predicted molar refractivity (Wildman–Crippen MR) is 73.8 cm³/mol. The Bertz CT molecular complexity index is 564. The summed E-state index contributed by atoms with van der Waals surface area (Å²) in [6, 6.07) is 6.08. The van der Waals surface area contributed by atoms with Gasteiger partial charge in [0.15, 0.2) is 5.82 Å².